The van der Waals surface area contributed by atoms with Crippen molar-refractivity contribution in [2.75, 3.05) is 0 Å². The summed E-state index contributed by atoms with van der Waals surface area (Å²) in [5.41, 5.74) is 0. The van der Waals surface area contributed by atoms with Gasteiger partial charge < -0.3 is 15.2 Å². The molecule has 0 saturated heterocycles. The van der Waals surface area contributed by atoms with Gasteiger partial charge in [0, 0.05) is 6.20 Å². The van der Waals surface area contributed by atoms with E-state index in [-0.39, 0.29) is 29.6 Å². The molecule has 0 rings (SSSR count). The number of carbonyl (C=O) groups is 2. The Morgan fingerprint density at radius 1 is 1.45 bits per heavy atom. The molecule has 5 heteroatoms. The number of nitrogens with one attached hydrogen (secondary N) is 1. The van der Waals surface area contributed by atoms with Crippen molar-refractivity contribution in [3.63, 3.8) is 0 Å². The molecule has 0 fully saturated rings. The van der Waals surface area contributed by atoms with Gasteiger partial charge >= 0.3 is 29.6 Å². The van der Waals surface area contributed by atoms with Gasteiger partial charge in [-0.2, -0.15) is 0 Å². The van der Waals surface area contributed by atoms with Crippen LogP contribution < -0.4 is 40.0 Å². The van der Waals surface area contributed by atoms with E-state index in [9.17, 15) is 14.7 Å². The molecule has 0 bridgehead atoms. The van der Waals surface area contributed by atoms with Crippen molar-refractivity contribution in [2.45, 2.75) is 0 Å². The molecular formula is C6H6NNaO3. The molecule has 0 aromatic carbocycles. The van der Waals surface area contributed by atoms with Crippen molar-refractivity contribution in [3.8, 4) is 0 Å². The topological polar surface area (TPSA) is 69.2 Å². The summed E-state index contributed by atoms with van der Waals surface area (Å²) in [6.45, 7) is 3.15. The third-order valence-corrected chi connectivity index (χ3v) is 0.630. The molecule has 0 aromatic rings. The average molecular weight is 163 g/mol. The van der Waals surface area contributed by atoms with Gasteiger partial charge in [0.1, 0.15) is 0 Å². The maximum atomic E-state index is 10.3. The molecule has 1 amide bonds. The van der Waals surface area contributed by atoms with E-state index in [1.807, 2.05) is 0 Å². The maximum Gasteiger partial charge on any atom is 1.00 e. The second-order valence-corrected chi connectivity index (χ2v) is 1.37. The number of carboxylic acid groups (broad SMARTS) is 1. The van der Waals surface area contributed by atoms with Crippen LogP contribution in [0.1, 0.15) is 0 Å². The van der Waals surface area contributed by atoms with Crippen molar-refractivity contribution in [3.05, 3.63) is 24.9 Å². The van der Waals surface area contributed by atoms with Gasteiger partial charge in [0.2, 0.25) is 5.91 Å². The van der Waals surface area contributed by atoms with Crippen molar-refractivity contribution in [1.29, 1.82) is 0 Å². The number of aliphatic carboxylic acids is 1. The molecule has 0 unspecified atom stereocenters. The fraction of sp³-hybridized carbons (Fsp3) is 0. The summed E-state index contributed by atoms with van der Waals surface area (Å²) in [6.07, 6.45) is 2.71. The van der Waals surface area contributed by atoms with E-state index in [4.69, 9.17) is 0 Å². The van der Waals surface area contributed by atoms with Crippen LogP contribution in [-0.2, 0) is 9.59 Å². The smallest absolute Gasteiger partial charge is 0.545 e. The summed E-state index contributed by atoms with van der Waals surface area (Å²) < 4.78 is 0. The minimum absolute atomic E-state index is 0. The molecule has 0 radical (unpaired) electrons. The predicted octanol–water partition coefficient (Wildman–Crippen LogP) is -4.44. The van der Waals surface area contributed by atoms with E-state index < -0.39 is 11.9 Å². The Labute approximate surface area is 86.3 Å². The molecule has 0 saturated carbocycles. The maximum absolute atomic E-state index is 10.3. The summed E-state index contributed by atoms with van der Waals surface area (Å²) in [7, 11) is 0. The average Bonchev–Trinajstić information content (AvgIpc) is 1.87. The number of rotatable bonds is 3. The molecule has 0 aromatic heterocycles. The van der Waals surface area contributed by atoms with E-state index in [0.717, 1.165) is 12.3 Å². The summed E-state index contributed by atoms with van der Waals surface area (Å²) >= 11 is 0. The van der Waals surface area contributed by atoms with E-state index in [1.165, 1.54) is 0 Å². The van der Waals surface area contributed by atoms with Crippen LogP contribution in [-0.4, -0.2) is 11.9 Å². The minimum Gasteiger partial charge on any atom is -0.545 e. The monoisotopic (exact) mass is 163 g/mol. The van der Waals surface area contributed by atoms with Gasteiger partial charge in [-0.15, -0.1) is 0 Å². The predicted molar refractivity (Wildman–Crippen MR) is 32.5 cm³/mol. The molecule has 11 heavy (non-hydrogen) atoms. The summed E-state index contributed by atoms with van der Waals surface area (Å²) in [4.78, 5) is 20.0. The zero-order valence-corrected chi connectivity index (χ0v) is 8.16. The van der Waals surface area contributed by atoms with E-state index in [2.05, 4.69) is 11.9 Å². The van der Waals surface area contributed by atoms with Crippen molar-refractivity contribution in [2.24, 2.45) is 0 Å². The SMILES string of the molecule is C=CC(=O)NC=CC(=O)[O-].[Na+]. The number of hydrogen-bond acceptors (Lipinski definition) is 3. The van der Waals surface area contributed by atoms with Crippen LogP contribution >= 0.6 is 0 Å². The molecule has 1 N–H and O–H groups in total. The van der Waals surface area contributed by atoms with Crippen LogP contribution in [0.4, 0.5) is 0 Å². The molecule has 0 aliphatic carbocycles. The zero-order valence-electron chi connectivity index (χ0n) is 6.16. The van der Waals surface area contributed by atoms with Gasteiger partial charge in [0.25, 0.3) is 0 Å². The number of hydrogen-bond donors (Lipinski definition) is 1. The molecule has 4 nitrogen and oxygen atoms in total. The molecule has 0 atom stereocenters. The Bertz CT molecular complexity index is 188. The summed E-state index contributed by atoms with van der Waals surface area (Å²) in [5, 5.41) is 11.8. The van der Waals surface area contributed by atoms with Gasteiger partial charge in [-0.05, 0) is 12.2 Å². The second-order valence-electron chi connectivity index (χ2n) is 1.37. The first-order valence-corrected chi connectivity index (χ1v) is 2.47. The third-order valence-electron chi connectivity index (χ3n) is 0.630. The fourth-order valence-electron chi connectivity index (χ4n) is 0.251. The Kier molecular flexibility index (Phi) is 8.92. The van der Waals surface area contributed by atoms with Crippen LogP contribution in [0.5, 0.6) is 0 Å². The quantitative estimate of drug-likeness (QED) is 0.337. The van der Waals surface area contributed by atoms with Crippen molar-refractivity contribution < 1.29 is 44.3 Å². The van der Waals surface area contributed by atoms with E-state index in [1.54, 1.807) is 0 Å². The molecule has 54 valence electrons. The van der Waals surface area contributed by atoms with Gasteiger partial charge in [-0.1, -0.05) is 6.58 Å². The summed E-state index contributed by atoms with van der Waals surface area (Å²) in [5.74, 6) is -1.82. The Balaban J connectivity index is 0. The van der Waals surface area contributed by atoms with Crippen LogP contribution in [0.2, 0.25) is 0 Å². The van der Waals surface area contributed by atoms with Crippen LogP contribution in [0.15, 0.2) is 24.9 Å². The Hall–Kier alpha value is -0.580. The van der Waals surface area contributed by atoms with Gasteiger partial charge in [0.05, 0.1) is 5.97 Å². The fourth-order valence-corrected chi connectivity index (χ4v) is 0.251. The third kappa shape index (κ3) is 9.42. The first kappa shape index (κ1) is 13.0. The standard InChI is InChI=1S/C6H7NO3.Na/c1-2-5(8)7-4-3-6(9)10;/h2-4H,1H2,(H,7,8)(H,9,10);/q;+1/p-1. The Morgan fingerprint density at radius 2 is 2.00 bits per heavy atom. The van der Waals surface area contributed by atoms with Crippen molar-refractivity contribution >= 4 is 11.9 Å². The zero-order chi connectivity index (χ0) is 7.98. The number of carboxylic acids is 1. The molecule has 0 aliphatic heterocycles. The van der Waals surface area contributed by atoms with Gasteiger partial charge in [0.15, 0.2) is 0 Å². The van der Waals surface area contributed by atoms with E-state index >= 15 is 0 Å². The first-order valence-electron chi connectivity index (χ1n) is 2.47. The van der Waals surface area contributed by atoms with Crippen molar-refractivity contribution in [1.82, 2.24) is 5.32 Å². The Morgan fingerprint density at radius 3 is 2.36 bits per heavy atom. The number of amides is 1. The van der Waals surface area contributed by atoms with Gasteiger partial charge in [-0.3, -0.25) is 4.79 Å². The van der Waals surface area contributed by atoms with Crippen LogP contribution in [0.3, 0.4) is 0 Å². The normalized spacial score (nSPS) is 8.36. The van der Waals surface area contributed by atoms with Gasteiger partial charge in [-0.25, -0.2) is 0 Å². The van der Waals surface area contributed by atoms with Crippen LogP contribution in [0.25, 0.3) is 0 Å². The second kappa shape index (κ2) is 7.53. The molecule has 0 aliphatic rings. The molecule has 0 heterocycles. The van der Waals surface area contributed by atoms with Crippen LogP contribution in [0, 0.1) is 0 Å². The van der Waals surface area contributed by atoms with E-state index in [0.29, 0.717) is 6.08 Å². The largest absolute Gasteiger partial charge is 1.00 e. The molecular weight excluding hydrogens is 157 g/mol. The first-order chi connectivity index (χ1) is 4.66. The summed E-state index contributed by atoms with van der Waals surface area (Å²) in [6, 6.07) is 0. The number of carbonyl (C=O) groups excluding carboxylic acids is 2. The molecule has 0 spiro atoms. The minimum atomic E-state index is -1.36.